The summed E-state index contributed by atoms with van der Waals surface area (Å²) in [7, 11) is -1.90. The molecule has 0 radical (unpaired) electrons. The molecule has 0 atom stereocenters. The van der Waals surface area contributed by atoms with Crippen LogP contribution in [-0.2, 0) is 17.1 Å². The summed E-state index contributed by atoms with van der Waals surface area (Å²) in [6, 6.07) is 11.9. The van der Waals surface area contributed by atoms with Crippen molar-refractivity contribution in [3.05, 3.63) is 83.6 Å². The Labute approximate surface area is 233 Å². The van der Waals surface area contributed by atoms with Gasteiger partial charge in [0.05, 0.1) is 22.5 Å². The maximum absolute atomic E-state index is 14.6. The molecule has 3 aromatic heterocycles. The first-order chi connectivity index (χ1) is 17.3. The van der Waals surface area contributed by atoms with E-state index in [4.69, 9.17) is 0 Å². The van der Waals surface area contributed by atoms with Crippen molar-refractivity contribution in [2.75, 3.05) is 0 Å². The maximum Gasteiger partial charge on any atom is 1.00 e. The third-order valence-corrected chi connectivity index (χ3v) is 7.79. The number of rotatable bonds is 6. The number of halogens is 2. The molecule has 0 saturated heterocycles. The number of nitrogens with zero attached hydrogens (tertiary/aromatic N) is 6. The van der Waals surface area contributed by atoms with Crippen molar-refractivity contribution in [3.8, 4) is 28.1 Å². The normalized spacial score (nSPS) is 13.5. The molecular weight excluding hydrogens is 509 g/mol. The smallest absolute Gasteiger partial charge is 0.421 e. The average molecular weight is 529 g/mol. The molecule has 1 saturated carbocycles. The quantitative estimate of drug-likeness (QED) is 0.315. The standard InChI is InChI=1S/C25H19F2N6O2S.Na/c1-32-13-17(12-29-32)15-2-7-23-22(8-15)28-14-33(23)25-10-16(20-6-3-18(26)11-21(20)27)9-24(30-25)31-36(34,35)19-4-5-19;/h2-3,6-14,19H,4-5H2,1H3;/q-1;+1. The number of hydrogen-bond acceptors (Lipinski definition) is 5. The molecule has 0 aliphatic heterocycles. The Morgan fingerprint density at radius 3 is 2.51 bits per heavy atom. The van der Waals surface area contributed by atoms with Gasteiger partial charge in [0.2, 0.25) is 0 Å². The van der Waals surface area contributed by atoms with Gasteiger partial charge in [-0.1, -0.05) is 12.1 Å². The second-order valence-corrected chi connectivity index (χ2v) is 10.6. The van der Waals surface area contributed by atoms with Gasteiger partial charge in [-0.25, -0.2) is 22.2 Å². The molecule has 0 N–H and O–H groups in total. The first-order valence-corrected chi connectivity index (χ1v) is 12.7. The van der Waals surface area contributed by atoms with E-state index in [1.54, 1.807) is 27.8 Å². The van der Waals surface area contributed by atoms with Crippen LogP contribution in [0.25, 0.3) is 43.8 Å². The zero-order chi connectivity index (χ0) is 25.0. The van der Waals surface area contributed by atoms with E-state index in [1.165, 1.54) is 12.1 Å². The molecule has 5 aromatic rings. The van der Waals surface area contributed by atoms with Crippen molar-refractivity contribution in [3.63, 3.8) is 0 Å². The van der Waals surface area contributed by atoms with Gasteiger partial charge in [0.1, 0.15) is 18.0 Å². The molecule has 1 aliphatic rings. The summed E-state index contributed by atoms with van der Waals surface area (Å²) in [5.74, 6) is -1.26. The van der Waals surface area contributed by atoms with E-state index in [0.717, 1.165) is 23.3 Å². The van der Waals surface area contributed by atoms with Gasteiger partial charge >= 0.3 is 29.6 Å². The van der Waals surface area contributed by atoms with Crippen LogP contribution in [-0.4, -0.2) is 38.0 Å². The van der Waals surface area contributed by atoms with Crippen LogP contribution in [0, 0.1) is 11.6 Å². The molecule has 12 heteroatoms. The molecule has 0 bridgehead atoms. The molecule has 3 heterocycles. The topological polar surface area (TPSA) is 96.8 Å². The molecular formula is C25H19F2N6NaO2S. The van der Waals surface area contributed by atoms with Crippen LogP contribution >= 0.6 is 0 Å². The van der Waals surface area contributed by atoms with Crippen molar-refractivity contribution in [1.82, 2.24) is 24.3 Å². The van der Waals surface area contributed by atoms with Crippen molar-refractivity contribution < 1.29 is 46.8 Å². The zero-order valence-electron chi connectivity index (χ0n) is 20.0. The van der Waals surface area contributed by atoms with Gasteiger partial charge in [0, 0.05) is 36.3 Å². The van der Waals surface area contributed by atoms with Gasteiger partial charge in [-0.05, 0) is 60.1 Å². The number of imidazole rings is 1. The SMILES string of the molecule is Cn1cc(-c2ccc3c(c2)ncn3-c2cc(-c3ccc(F)cc3F)cc([N-]S(=O)(=O)C3CC3)n2)cn1.[Na+]. The first kappa shape index (κ1) is 25.5. The van der Waals surface area contributed by atoms with E-state index in [0.29, 0.717) is 35.3 Å². The van der Waals surface area contributed by atoms with Gasteiger partial charge in [-0.15, -0.1) is 0 Å². The summed E-state index contributed by atoms with van der Waals surface area (Å²) in [6.45, 7) is 0. The Morgan fingerprint density at radius 2 is 1.81 bits per heavy atom. The third-order valence-electron chi connectivity index (χ3n) is 6.04. The molecule has 37 heavy (non-hydrogen) atoms. The van der Waals surface area contributed by atoms with Crippen LogP contribution in [0.3, 0.4) is 0 Å². The van der Waals surface area contributed by atoms with Crippen LogP contribution in [0.15, 0.2) is 67.3 Å². The van der Waals surface area contributed by atoms with Crippen LogP contribution in [0.4, 0.5) is 14.6 Å². The third kappa shape index (κ3) is 5.04. The number of pyridine rings is 1. The van der Waals surface area contributed by atoms with Crippen LogP contribution in [0.5, 0.6) is 0 Å². The Kier molecular flexibility index (Phi) is 6.65. The van der Waals surface area contributed by atoms with Crippen LogP contribution in [0.1, 0.15) is 12.8 Å². The minimum atomic E-state index is -3.74. The molecule has 0 amide bonds. The molecule has 1 fully saturated rings. The maximum atomic E-state index is 14.6. The van der Waals surface area contributed by atoms with Crippen LogP contribution < -0.4 is 29.6 Å². The average Bonchev–Trinajstić information content (AvgIpc) is 3.49. The summed E-state index contributed by atoms with van der Waals surface area (Å²) in [6.07, 6.45) is 6.32. The number of aryl methyl sites for hydroxylation is 1. The molecule has 0 spiro atoms. The summed E-state index contributed by atoms with van der Waals surface area (Å²) in [5, 5.41) is 3.68. The van der Waals surface area contributed by atoms with Gasteiger partial charge in [-0.3, -0.25) is 4.68 Å². The molecule has 182 valence electrons. The van der Waals surface area contributed by atoms with E-state index in [2.05, 4.69) is 19.8 Å². The minimum Gasteiger partial charge on any atom is -0.421 e. The van der Waals surface area contributed by atoms with E-state index in [1.807, 2.05) is 31.4 Å². The fraction of sp³-hybridized carbons (Fsp3) is 0.160. The summed E-state index contributed by atoms with van der Waals surface area (Å²) < 4.78 is 60.6. The minimum absolute atomic E-state index is 0. The number of fused-ring (bicyclic) bond motifs is 1. The second kappa shape index (κ2) is 9.64. The molecule has 6 rings (SSSR count). The fourth-order valence-electron chi connectivity index (χ4n) is 4.07. The number of benzene rings is 2. The Morgan fingerprint density at radius 1 is 1.00 bits per heavy atom. The predicted octanol–water partition coefficient (Wildman–Crippen LogP) is 2.27. The van der Waals surface area contributed by atoms with Gasteiger partial charge in [0.25, 0.3) is 0 Å². The number of sulfonamides is 1. The van der Waals surface area contributed by atoms with Crippen LogP contribution in [0.2, 0.25) is 0 Å². The Balaban J connectivity index is 0.00000280. The predicted molar refractivity (Wildman–Crippen MR) is 131 cm³/mol. The Bertz CT molecular complexity index is 1750. The number of aromatic nitrogens is 5. The molecule has 1 aliphatic carbocycles. The Hall–Kier alpha value is -3.12. The van der Waals surface area contributed by atoms with E-state index < -0.39 is 26.9 Å². The van der Waals surface area contributed by atoms with Crippen molar-refractivity contribution in [2.45, 2.75) is 18.1 Å². The van der Waals surface area contributed by atoms with Crippen molar-refractivity contribution >= 4 is 26.9 Å². The summed E-state index contributed by atoms with van der Waals surface area (Å²) >= 11 is 0. The van der Waals surface area contributed by atoms with E-state index >= 15 is 0 Å². The van der Waals surface area contributed by atoms with E-state index in [-0.39, 0.29) is 40.9 Å². The van der Waals surface area contributed by atoms with Gasteiger partial charge in [-0.2, -0.15) is 5.10 Å². The monoisotopic (exact) mass is 528 g/mol. The fourth-order valence-corrected chi connectivity index (χ4v) is 5.30. The van der Waals surface area contributed by atoms with Gasteiger partial charge < -0.3 is 14.3 Å². The summed E-state index contributed by atoms with van der Waals surface area (Å²) in [4.78, 5) is 8.93. The van der Waals surface area contributed by atoms with Gasteiger partial charge in [0.15, 0.2) is 10.0 Å². The molecule has 8 nitrogen and oxygen atoms in total. The second-order valence-electron chi connectivity index (χ2n) is 8.72. The van der Waals surface area contributed by atoms with Crippen molar-refractivity contribution in [1.29, 1.82) is 0 Å². The number of hydrogen-bond donors (Lipinski definition) is 0. The molecule has 2 aromatic carbocycles. The first-order valence-electron chi connectivity index (χ1n) is 11.2. The largest absolute Gasteiger partial charge is 1.00 e. The molecule has 0 unspecified atom stereocenters. The summed E-state index contributed by atoms with van der Waals surface area (Å²) in [5.41, 5.74) is 3.68. The van der Waals surface area contributed by atoms with E-state index in [9.17, 15) is 17.2 Å². The zero-order valence-corrected chi connectivity index (χ0v) is 22.8. The van der Waals surface area contributed by atoms with Crippen molar-refractivity contribution in [2.24, 2.45) is 7.05 Å².